The molecule has 0 saturated carbocycles. The Morgan fingerprint density at radius 2 is 1.73 bits per heavy atom. The number of nitrogens with zero attached hydrogens (tertiary/aromatic N) is 5. The molecule has 0 radical (unpaired) electrons. The molecule has 0 N–H and O–H groups in total. The van der Waals surface area contributed by atoms with Crippen molar-refractivity contribution in [2.75, 3.05) is 13.7 Å². The van der Waals surface area contributed by atoms with Crippen molar-refractivity contribution >= 4 is 11.6 Å². The molecule has 164 valence electrons. The highest BCUT2D eigenvalue weighted by Gasteiger charge is 2.38. The van der Waals surface area contributed by atoms with E-state index in [0.29, 0.717) is 30.2 Å². The number of pyridine rings is 1. The van der Waals surface area contributed by atoms with Crippen molar-refractivity contribution in [1.29, 1.82) is 0 Å². The van der Waals surface area contributed by atoms with Gasteiger partial charge in [-0.15, -0.1) is 0 Å². The zero-order chi connectivity index (χ0) is 22.6. The topological polar surface area (TPSA) is 93.7 Å². The number of carbonyl (C=O) groups is 1. The number of carbonyl (C=O) groups excluding carboxylic acids is 1. The van der Waals surface area contributed by atoms with Crippen LogP contribution < -0.4 is 0 Å². The Kier molecular flexibility index (Phi) is 5.63. The average molecular weight is 439 g/mol. The summed E-state index contributed by atoms with van der Waals surface area (Å²) < 4.78 is 5.46. The van der Waals surface area contributed by atoms with Gasteiger partial charge >= 0.3 is 0 Å². The van der Waals surface area contributed by atoms with E-state index < -0.39 is 6.04 Å². The van der Waals surface area contributed by atoms with Gasteiger partial charge in [-0.2, -0.15) is 4.98 Å². The first kappa shape index (κ1) is 20.6. The van der Waals surface area contributed by atoms with Gasteiger partial charge in [0.25, 0.3) is 11.8 Å². The van der Waals surface area contributed by atoms with Gasteiger partial charge in [0.2, 0.25) is 0 Å². The fraction of sp³-hybridized carbons (Fsp3) is 0.160. The van der Waals surface area contributed by atoms with Crippen molar-refractivity contribution in [1.82, 2.24) is 20.0 Å². The number of likely N-dealkylation sites (tertiary alicyclic amines) is 1. The quantitative estimate of drug-likeness (QED) is 0.428. The summed E-state index contributed by atoms with van der Waals surface area (Å²) in [6.45, 7) is 0.330. The standard InChI is InChI=1S/C25H21N5O3/c1-32-28-21-15-22(23-27-24(33-29-23)19-11-13-26-14-12-19)30(16-21)25(31)20-9-7-18(8-10-20)17-5-3-2-4-6-17/h2-14,22H,15-16H2,1H3/t22-/m0/s1. The number of rotatable bonds is 5. The lowest BCUT2D eigenvalue weighted by Gasteiger charge is -2.21. The highest BCUT2D eigenvalue weighted by Crippen LogP contribution is 2.32. The van der Waals surface area contributed by atoms with E-state index in [0.717, 1.165) is 22.4 Å². The average Bonchev–Trinajstić information content (AvgIpc) is 3.53. The smallest absolute Gasteiger partial charge is 0.258 e. The molecule has 0 spiro atoms. The Balaban J connectivity index is 1.42. The van der Waals surface area contributed by atoms with Crippen LogP contribution in [0.2, 0.25) is 0 Å². The molecule has 1 aliphatic rings. The summed E-state index contributed by atoms with van der Waals surface area (Å²) in [5.74, 6) is 0.678. The lowest BCUT2D eigenvalue weighted by molar-refractivity contribution is 0.0732. The van der Waals surface area contributed by atoms with Crippen LogP contribution in [0, 0.1) is 0 Å². The predicted molar refractivity (Wildman–Crippen MR) is 122 cm³/mol. The molecule has 1 saturated heterocycles. The molecule has 33 heavy (non-hydrogen) atoms. The van der Waals surface area contributed by atoms with Crippen LogP contribution in [-0.2, 0) is 4.84 Å². The highest BCUT2D eigenvalue weighted by atomic mass is 16.6. The number of hydrogen-bond acceptors (Lipinski definition) is 7. The molecule has 1 atom stereocenters. The van der Waals surface area contributed by atoms with Gasteiger partial charge in [0, 0.05) is 29.9 Å². The third-order valence-corrected chi connectivity index (χ3v) is 5.55. The van der Waals surface area contributed by atoms with Gasteiger partial charge in [-0.05, 0) is 35.4 Å². The van der Waals surface area contributed by atoms with E-state index >= 15 is 0 Å². The van der Waals surface area contributed by atoms with Gasteiger partial charge in [-0.25, -0.2) is 0 Å². The zero-order valence-electron chi connectivity index (χ0n) is 18.0. The highest BCUT2D eigenvalue weighted by molar-refractivity contribution is 6.00. The molecule has 8 nitrogen and oxygen atoms in total. The number of benzene rings is 2. The second kappa shape index (κ2) is 9.04. The fourth-order valence-electron chi connectivity index (χ4n) is 3.93. The molecule has 0 unspecified atom stereocenters. The van der Waals surface area contributed by atoms with Crippen LogP contribution in [0.5, 0.6) is 0 Å². The molecular weight excluding hydrogens is 418 g/mol. The maximum Gasteiger partial charge on any atom is 0.258 e. The van der Waals surface area contributed by atoms with E-state index in [9.17, 15) is 4.79 Å². The molecular formula is C25H21N5O3. The molecule has 8 heteroatoms. The minimum absolute atomic E-state index is 0.129. The van der Waals surface area contributed by atoms with Crippen LogP contribution in [0.25, 0.3) is 22.6 Å². The SMILES string of the molecule is CON=C1C[C@@H](c2noc(-c3ccncc3)n2)N(C(=O)c2ccc(-c3ccccc3)cc2)C1. The number of amides is 1. The van der Waals surface area contributed by atoms with Gasteiger partial charge in [0.05, 0.1) is 12.3 Å². The van der Waals surface area contributed by atoms with E-state index in [2.05, 4.69) is 20.3 Å². The van der Waals surface area contributed by atoms with E-state index in [1.54, 1.807) is 29.4 Å². The van der Waals surface area contributed by atoms with Crippen LogP contribution in [0.3, 0.4) is 0 Å². The minimum Gasteiger partial charge on any atom is -0.399 e. The van der Waals surface area contributed by atoms with Crippen LogP contribution >= 0.6 is 0 Å². The van der Waals surface area contributed by atoms with Crippen molar-refractivity contribution in [2.45, 2.75) is 12.5 Å². The molecule has 4 aromatic rings. The normalized spacial score (nSPS) is 16.8. The molecule has 1 amide bonds. The number of oxime groups is 1. The van der Waals surface area contributed by atoms with E-state index in [1.807, 2.05) is 54.6 Å². The van der Waals surface area contributed by atoms with Crippen molar-refractivity contribution in [3.05, 3.63) is 90.5 Å². The van der Waals surface area contributed by atoms with Gasteiger partial charge in [0.1, 0.15) is 13.2 Å². The van der Waals surface area contributed by atoms with Gasteiger partial charge in [-0.1, -0.05) is 52.8 Å². The second-order valence-corrected chi connectivity index (χ2v) is 7.63. The monoisotopic (exact) mass is 439 g/mol. The summed E-state index contributed by atoms with van der Waals surface area (Å²) in [5, 5.41) is 8.23. The molecule has 1 aliphatic heterocycles. The van der Waals surface area contributed by atoms with Crippen molar-refractivity contribution in [2.24, 2.45) is 5.16 Å². The minimum atomic E-state index is -0.403. The van der Waals surface area contributed by atoms with Gasteiger partial charge in [0.15, 0.2) is 5.82 Å². The lowest BCUT2D eigenvalue weighted by atomic mass is 10.0. The Labute approximate surface area is 190 Å². The number of hydrogen-bond donors (Lipinski definition) is 0. The summed E-state index contributed by atoms with van der Waals surface area (Å²) in [6, 6.07) is 20.8. The second-order valence-electron chi connectivity index (χ2n) is 7.63. The fourth-order valence-corrected chi connectivity index (χ4v) is 3.93. The maximum absolute atomic E-state index is 13.4. The van der Waals surface area contributed by atoms with Gasteiger partial charge < -0.3 is 14.3 Å². The summed E-state index contributed by atoms with van der Waals surface area (Å²) in [4.78, 5) is 28.7. The Bertz CT molecular complexity index is 1270. The van der Waals surface area contributed by atoms with E-state index in [-0.39, 0.29) is 5.91 Å². The van der Waals surface area contributed by atoms with Crippen LogP contribution in [0.4, 0.5) is 0 Å². The molecule has 2 aromatic carbocycles. The molecule has 1 fully saturated rings. The molecule has 3 heterocycles. The Morgan fingerprint density at radius 3 is 2.45 bits per heavy atom. The summed E-state index contributed by atoms with van der Waals surface area (Å²) >= 11 is 0. The first-order chi connectivity index (χ1) is 16.2. The largest absolute Gasteiger partial charge is 0.399 e. The summed E-state index contributed by atoms with van der Waals surface area (Å²) in [5.41, 5.74) is 4.23. The van der Waals surface area contributed by atoms with Crippen LogP contribution in [0.15, 0.2) is 88.8 Å². The first-order valence-electron chi connectivity index (χ1n) is 10.5. The third-order valence-electron chi connectivity index (χ3n) is 5.55. The molecule has 2 aromatic heterocycles. The van der Waals surface area contributed by atoms with Gasteiger partial charge in [-0.3, -0.25) is 9.78 Å². The van der Waals surface area contributed by atoms with Crippen molar-refractivity contribution < 1.29 is 14.2 Å². The lowest BCUT2D eigenvalue weighted by Crippen LogP contribution is -2.31. The van der Waals surface area contributed by atoms with Crippen molar-refractivity contribution in [3.63, 3.8) is 0 Å². The third kappa shape index (κ3) is 4.23. The maximum atomic E-state index is 13.4. The zero-order valence-corrected chi connectivity index (χ0v) is 18.0. The van der Waals surface area contributed by atoms with E-state index in [4.69, 9.17) is 9.36 Å². The summed E-state index contributed by atoms with van der Waals surface area (Å²) in [7, 11) is 1.49. The predicted octanol–water partition coefficient (Wildman–Crippen LogP) is 4.39. The van der Waals surface area contributed by atoms with Crippen molar-refractivity contribution in [3.8, 4) is 22.6 Å². The summed E-state index contributed by atoms with van der Waals surface area (Å²) in [6.07, 6.45) is 3.79. The Morgan fingerprint density at radius 1 is 1.00 bits per heavy atom. The Hall–Kier alpha value is -4.33. The molecule has 0 aliphatic carbocycles. The number of aromatic nitrogens is 3. The molecule has 0 bridgehead atoms. The van der Waals surface area contributed by atoms with Crippen LogP contribution in [-0.4, -0.2) is 45.3 Å². The van der Waals surface area contributed by atoms with E-state index in [1.165, 1.54) is 7.11 Å². The van der Waals surface area contributed by atoms with Crippen LogP contribution in [0.1, 0.15) is 28.6 Å². The molecule has 5 rings (SSSR count). The first-order valence-corrected chi connectivity index (χ1v) is 10.5.